The van der Waals surface area contributed by atoms with Gasteiger partial charge in [0.25, 0.3) is 0 Å². The van der Waals surface area contributed by atoms with Crippen molar-refractivity contribution in [3.63, 3.8) is 0 Å². The third-order valence-corrected chi connectivity index (χ3v) is 8.23. The summed E-state index contributed by atoms with van der Waals surface area (Å²) in [6.45, 7) is 4.03. The molecule has 4 aromatic rings. The normalized spacial score (nSPS) is 12.5. The SMILES string of the molecule is COc1cc(C(C)(C)c2cnc(SCc3c(F)cc(S(=O)[O-])cc3Cl)n2-c2ccc(F)cc2)ccc1Cl. The van der Waals surface area contributed by atoms with Gasteiger partial charge in [0.05, 0.1) is 24.0 Å². The highest BCUT2D eigenvalue weighted by Crippen LogP contribution is 2.39. The molecule has 0 saturated heterocycles. The van der Waals surface area contributed by atoms with Gasteiger partial charge in [-0.2, -0.15) is 0 Å². The largest absolute Gasteiger partial charge is 0.768 e. The molecule has 194 valence electrons. The minimum atomic E-state index is -2.60. The molecule has 4 rings (SSSR count). The number of halogens is 4. The Hall–Kier alpha value is -2.43. The van der Waals surface area contributed by atoms with Crippen LogP contribution < -0.4 is 4.74 Å². The van der Waals surface area contributed by atoms with Crippen molar-refractivity contribution in [3.8, 4) is 11.4 Å². The summed E-state index contributed by atoms with van der Waals surface area (Å²) in [7, 11) is 1.54. The Labute approximate surface area is 230 Å². The average Bonchev–Trinajstić information content (AvgIpc) is 3.28. The van der Waals surface area contributed by atoms with Gasteiger partial charge in [-0.05, 0) is 65.2 Å². The van der Waals surface area contributed by atoms with E-state index in [0.29, 0.717) is 21.6 Å². The first-order valence-corrected chi connectivity index (χ1v) is 13.7. The van der Waals surface area contributed by atoms with Crippen molar-refractivity contribution < 1.29 is 22.3 Å². The standard InChI is InChI=1S/C26H22Cl2F2N2O3S2/c1-26(2,15-4-9-20(27)23(10-15)35-3)24-13-31-25(32(24)17-7-5-16(29)6-8-17)36-14-19-21(28)11-18(37(33)34)12-22(19)30/h4-13H,14H2,1-3H3,(H,33,34)/p-1. The van der Waals surface area contributed by atoms with Crippen molar-refractivity contribution in [2.45, 2.75) is 35.1 Å². The number of hydrogen-bond acceptors (Lipinski definition) is 5. The van der Waals surface area contributed by atoms with E-state index in [9.17, 15) is 17.5 Å². The molecule has 0 fully saturated rings. The minimum Gasteiger partial charge on any atom is -0.768 e. The van der Waals surface area contributed by atoms with E-state index in [1.165, 1.54) is 30.0 Å². The van der Waals surface area contributed by atoms with Gasteiger partial charge in [-0.1, -0.05) is 54.9 Å². The zero-order chi connectivity index (χ0) is 26.9. The maximum atomic E-state index is 14.7. The van der Waals surface area contributed by atoms with Crippen LogP contribution in [-0.2, 0) is 22.2 Å². The number of hydrogen-bond donors (Lipinski definition) is 0. The monoisotopic (exact) mass is 581 g/mol. The summed E-state index contributed by atoms with van der Waals surface area (Å²) in [4.78, 5) is 4.37. The van der Waals surface area contributed by atoms with Crippen LogP contribution >= 0.6 is 35.0 Å². The Balaban J connectivity index is 1.78. The fourth-order valence-corrected chi connectivity index (χ4v) is 5.92. The van der Waals surface area contributed by atoms with Crippen LogP contribution in [0.5, 0.6) is 5.75 Å². The molecule has 0 N–H and O–H groups in total. The van der Waals surface area contributed by atoms with Crippen LogP contribution in [0.3, 0.4) is 0 Å². The van der Waals surface area contributed by atoms with E-state index < -0.39 is 22.3 Å². The lowest BCUT2D eigenvalue weighted by molar-refractivity contribution is 0.413. The first-order valence-electron chi connectivity index (χ1n) is 10.9. The second-order valence-corrected chi connectivity index (χ2v) is 11.3. The lowest BCUT2D eigenvalue weighted by atomic mass is 9.81. The summed E-state index contributed by atoms with van der Waals surface area (Å²) in [5, 5.41) is 0.999. The molecule has 3 aromatic carbocycles. The highest BCUT2D eigenvalue weighted by atomic mass is 35.5. The van der Waals surface area contributed by atoms with Crippen molar-refractivity contribution >= 4 is 46.0 Å². The predicted octanol–water partition coefficient (Wildman–Crippen LogP) is 7.32. The Morgan fingerprint density at radius 1 is 1.08 bits per heavy atom. The molecule has 37 heavy (non-hydrogen) atoms. The number of benzene rings is 3. The molecular formula is C26H21Cl2F2N2O3S2-. The van der Waals surface area contributed by atoms with Crippen molar-refractivity contribution in [2.24, 2.45) is 0 Å². The van der Waals surface area contributed by atoms with E-state index in [2.05, 4.69) is 4.98 Å². The number of aromatic nitrogens is 2. The maximum absolute atomic E-state index is 14.7. The van der Waals surface area contributed by atoms with Crippen molar-refractivity contribution in [1.82, 2.24) is 9.55 Å². The van der Waals surface area contributed by atoms with E-state index in [0.717, 1.165) is 17.3 Å². The molecular weight excluding hydrogens is 561 g/mol. The third kappa shape index (κ3) is 5.71. The molecule has 0 amide bonds. The van der Waals surface area contributed by atoms with Crippen molar-refractivity contribution in [1.29, 1.82) is 0 Å². The van der Waals surface area contributed by atoms with Gasteiger partial charge in [0.2, 0.25) is 0 Å². The van der Waals surface area contributed by atoms with Crippen LogP contribution in [0.15, 0.2) is 70.8 Å². The van der Waals surface area contributed by atoms with Gasteiger partial charge >= 0.3 is 0 Å². The van der Waals surface area contributed by atoms with Crippen LogP contribution in [0.1, 0.15) is 30.7 Å². The zero-order valence-corrected chi connectivity index (χ0v) is 23.1. The summed E-state index contributed by atoms with van der Waals surface area (Å²) in [5.74, 6) is -0.496. The number of imidazole rings is 1. The fraction of sp³-hybridized carbons (Fsp3) is 0.192. The lowest BCUT2D eigenvalue weighted by Crippen LogP contribution is -2.23. The smallest absolute Gasteiger partial charge is 0.173 e. The van der Waals surface area contributed by atoms with Gasteiger partial charge in [-0.15, -0.1) is 0 Å². The number of ether oxygens (including phenoxy) is 1. The topological polar surface area (TPSA) is 67.2 Å². The number of rotatable bonds is 8. The van der Waals surface area contributed by atoms with Gasteiger partial charge < -0.3 is 9.29 Å². The van der Waals surface area contributed by atoms with Gasteiger partial charge in [0, 0.05) is 32.3 Å². The van der Waals surface area contributed by atoms with Crippen LogP contribution in [0, 0.1) is 11.6 Å². The Kier molecular flexibility index (Phi) is 8.30. The molecule has 0 aliphatic carbocycles. The molecule has 1 unspecified atom stereocenters. The van der Waals surface area contributed by atoms with Gasteiger partial charge in [0.1, 0.15) is 17.4 Å². The first-order chi connectivity index (χ1) is 17.5. The number of thioether (sulfide) groups is 1. The third-order valence-electron chi connectivity index (χ3n) is 5.98. The molecule has 0 saturated carbocycles. The molecule has 1 aromatic heterocycles. The second-order valence-electron chi connectivity index (χ2n) is 8.60. The second kappa shape index (κ2) is 11.1. The summed E-state index contributed by atoms with van der Waals surface area (Å²) in [6.07, 6.45) is 1.72. The van der Waals surface area contributed by atoms with E-state index in [1.807, 2.05) is 30.5 Å². The van der Waals surface area contributed by atoms with Gasteiger partial charge in [-0.25, -0.2) is 13.8 Å². The summed E-state index contributed by atoms with van der Waals surface area (Å²) in [6, 6.07) is 13.6. The van der Waals surface area contributed by atoms with Gasteiger partial charge in [0.15, 0.2) is 5.16 Å². The molecule has 5 nitrogen and oxygen atoms in total. The summed E-state index contributed by atoms with van der Waals surface area (Å²) >= 11 is 11.0. The van der Waals surface area contributed by atoms with Crippen LogP contribution in [0.25, 0.3) is 5.69 Å². The molecule has 1 heterocycles. The van der Waals surface area contributed by atoms with Crippen LogP contribution in [0.4, 0.5) is 8.78 Å². The molecule has 0 bridgehead atoms. The Bertz CT molecular complexity index is 1450. The van der Waals surface area contributed by atoms with E-state index in [1.54, 1.807) is 31.5 Å². The first kappa shape index (κ1) is 27.6. The molecule has 0 aliphatic heterocycles. The number of nitrogens with zero attached hydrogens (tertiary/aromatic N) is 2. The molecule has 0 spiro atoms. The van der Waals surface area contributed by atoms with E-state index >= 15 is 0 Å². The van der Waals surface area contributed by atoms with Crippen LogP contribution in [0.2, 0.25) is 10.0 Å². The summed E-state index contributed by atoms with van der Waals surface area (Å²) < 4.78 is 58.1. The quantitative estimate of drug-likeness (QED) is 0.161. The highest BCUT2D eigenvalue weighted by Gasteiger charge is 2.30. The van der Waals surface area contributed by atoms with Crippen molar-refractivity contribution in [3.05, 3.63) is 99.3 Å². The average molecular weight is 583 g/mol. The predicted molar refractivity (Wildman–Crippen MR) is 142 cm³/mol. The highest BCUT2D eigenvalue weighted by molar-refractivity contribution is 7.98. The molecule has 11 heteroatoms. The molecule has 0 aliphatic rings. The van der Waals surface area contributed by atoms with Gasteiger partial charge in [-0.3, -0.25) is 8.78 Å². The van der Waals surface area contributed by atoms with E-state index in [4.69, 9.17) is 27.9 Å². The van der Waals surface area contributed by atoms with E-state index in [-0.39, 0.29) is 27.1 Å². The summed E-state index contributed by atoms with van der Waals surface area (Å²) in [5.41, 5.74) is 1.91. The number of methoxy groups -OCH3 is 1. The zero-order valence-electron chi connectivity index (χ0n) is 19.9. The van der Waals surface area contributed by atoms with Crippen molar-refractivity contribution in [2.75, 3.05) is 7.11 Å². The maximum Gasteiger partial charge on any atom is 0.173 e. The van der Waals surface area contributed by atoms with Crippen LogP contribution in [-0.4, -0.2) is 25.4 Å². The fourth-order valence-electron chi connectivity index (χ4n) is 3.86. The minimum absolute atomic E-state index is 0.000371. The molecule has 1 atom stereocenters. The lowest BCUT2D eigenvalue weighted by Gasteiger charge is -2.28. The Morgan fingerprint density at radius 2 is 1.78 bits per heavy atom. The molecule has 0 radical (unpaired) electrons. The Morgan fingerprint density at radius 3 is 2.41 bits per heavy atom.